The Balaban J connectivity index is 2.15. The van der Waals surface area contributed by atoms with Gasteiger partial charge in [0.1, 0.15) is 0 Å². The maximum atomic E-state index is 5.77. The first-order chi connectivity index (χ1) is 4.87. The molecule has 0 amide bonds. The van der Waals surface area contributed by atoms with E-state index in [0.29, 0.717) is 5.41 Å². The molecule has 1 aliphatic carbocycles. The summed E-state index contributed by atoms with van der Waals surface area (Å²) in [6.45, 7) is 3.29. The van der Waals surface area contributed by atoms with Crippen molar-refractivity contribution >= 4 is 0 Å². The van der Waals surface area contributed by atoms with E-state index in [1.165, 1.54) is 32.4 Å². The third kappa shape index (κ3) is 0.722. The molecule has 0 radical (unpaired) electrons. The van der Waals surface area contributed by atoms with Gasteiger partial charge in [-0.1, -0.05) is 6.42 Å². The van der Waals surface area contributed by atoms with E-state index in [4.69, 9.17) is 5.73 Å². The topological polar surface area (TPSA) is 38.0 Å². The van der Waals surface area contributed by atoms with Crippen LogP contribution in [-0.2, 0) is 0 Å². The van der Waals surface area contributed by atoms with Crippen molar-refractivity contribution in [3.05, 3.63) is 0 Å². The summed E-state index contributed by atoms with van der Waals surface area (Å²) < 4.78 is 0. The minimum atomic E-state index is 0.514. The Bertz CT molecular complexity index is 123. The zero-order valence-electron chi connectivity index (χ0n) is 6.40. The van der Waals surface area contributed by atoms with Gasteiger partial charge in [0.15, 0.2) is 0 Å². The van der Waals surface area contributed by atoms with Crippen LogP contribution in [0.1, 0.15) is 19.3 Å². The van der Waals surface area contributed by atoms with Crippen LogP contribution in [0.15, 0.2) is 0 Å². The van der Waals surface area contributed by atoms with Crippen LogP contribution < -0.4 is 11.1 Å². The molecule has 2 aliphatic rings. The van der Waals surface area contributed by atoms with Crippen molar-refractivity contribution in [1.82, 2.24) is 5.32 Å². The van der Waals surface area contributed by atoms with Crippen LogP contribution >= 0.6 is 0 Å². The Morgan fingerprint density at radius 3 is 3.20 bits per heavy atom. The van der Waals surface area contributed by atoms with Gasteiger partial charge in [-0.05, 0) is 37.3 Å². The second-order valence-electron chi connectivity index (χ2n) is 3.79. The lowest BCUT2D eigenvalue weighted by Gasteiger charge is -2.25. The van der Waals surface area contributed by atoms with Gasteiger partial charge < -0.3 is 11.1 Å². The standard InChI is InChI=1S/C8H16N2/c9-5-8-3-1-2-7(8)4-10-6-8/h7,10H,1-6,9H2/t7-,8-/m1/s1. The van der Waals surface area contributed by atoms with Gasteiger partial charge in [0.2, 0.25) is 0 Å². The van der Waals surface area contributed by atoms with E-state index in [9.17, 15) is 0 Å². The van der Waals surface area contributed by atoms with Crippen molar-refractivity contribution in [1.29, 1.82) is 0 Å². The summed E-state index contributed by atoms with van der Waals surface area (Å²) in [7, 11) is 0. The normalized spacial score (nSPS) is 45.9. The highest BCUT2D eigenvalue weighted by atomic mass is 15.0. The summed E-state index contributed by atoms with van der Waals surface area (Å²) in [5, 5.41) is 3.44. The maximum Gasteiger partial charge on any atom is 0.00232 e. The van der Waals surface area contributed by atoms with Crippen molar-refractivity contribution in [2.75, 3.05) is 19.6 Å². The molecule has 2 fully saturated rings. The van der Waals surface area contributed by atoms with Gasteiger partial charge >= 0.3 is 0 Å². The highest BCUT2D eigenvalue weighted by Crippen LogP contribution is 2.44. The number of hydrogen-bond donors (Lipinski definition) is 2. The molecular formula is C8H16N2. The van der Waals surface area contributed by atoms with E-state index >= 15 is 0 Å². The predicted molar refractivity (Wildman–Crippen MR) is 41.7 cm³/mol. The fourth-order valence-electron chi connectivity index (χ4n) is 2.60. The lowest BCUT2D eigenvalue weighted by molar-refractivity contribution is 0.281. The summed E-state index contributed by atoms with van der Waals surface area (Å²) >= 11 is 0. The van der Waals surface area contributed by atoms with Gasteiger partial charge in [0.05, 0.1) is 0 Å². The molecule has 0 aromatic heterocycles. The van der Waals surface area contributed by atoms with E-state index in [1.54, 1.807) is 0 Å². The number of rotatable bonds is 1. The van der Waals surface area contributed by atoms with Gasteiger partial charge in [-0.2, -0.15) is 0 Å². The first-order valence-electron chi connectivity index (χ1n) is 4.28. The molecule has 0 unspecified atom stereocenters. The molecular weight excluding hydrogens is 124 g/mol. The fraction of sp³-hybridized carbons (Fsp3) is 1.00. The summed E-state index contributed by atoms with van der Waals surface area (Å²) in [4.78, 5) is 0. The summed E-state index contributed by atoms with van der Waals surface area (Å²) in [6, 6.07) is 0. The lowest BCUT2D eigenvalue weighted by atomic mass is 9.81. The highest BCUT2D eigenvalue weighted by Gasteiger charge is 2.44. The second-order valence-corrected chi connectivity index (χ2v) is 3.79. The van der Waals surface area contributed by atoms with Crippen LogP contribution in [0.3, 0.4) is 0 Å². The van der Waals surface area contributed by atoms with Gasteiger partial charge in [-0.3, -0.25) is 0 Å². The molecule has 0 spiro atoms. The second kappa shape index (κ2) is 2.21. The molecule has 58 valence electrons. The van der Waals surface area contributed by atoms with Crippen molar-refractivity contribution in [3.63, 3.8) is 0 Å². The minimum absolute atomic E-state index is 0.514. The quantitative estimate of drug-likeness (QED) is 0.551. The van der Waals surface area contributed by atoms with Gasteiger partial charge in [-0.25, -0.2) is 0 Å². The molecule has 0 bridgehead atoms. The van der Waals surface area contributed by atoms with E-state index in [0.717, 1.165) is 12.5 Å². The lowest BCUT2D eigenvalue weighted by Crippen LogP contribution is -2.34. The molecule has 1 heterocycles. The Kier molecular flexibility index (Phi) is 1.46. The molecule has 2 heteroatoms. The van der Waals surface area contributed by atoms with Crippen LogP contribution in [0.5, 0.6) is 0 Å². The third-order valence-corrected chi connectivity index (χ3v) is 3.37. The maximum absolute atomic E-state index is 5.77. The minimum Gasteiger partial charge on any atom is -0.330 e. The average molecular weight is 140 g/mol. The zero-order valence-corrected chi connectivity index (χ0v) is 6.40. The molecule has 1 saturated heterocycles. The highest BCUT2D eigenvalue weighted by molar-refractivity contribution is 4.99. The van der Waals surface area contributed by atoms with Crippen molar-refractivity contribution in [2.24, 2.45) is 17.1 Å². The van der Waals surface area contributed by atoms with E-state index in [-0.39, 0.29) is 0 Å². The van der Waals surface area contributed by atoms with Crippen LogP contribution in [0, 0.1) is 11.3 Å². The molecule has 2 rings (SSSR count). The number of nitrogens with one attached hydrogen (secondary N) is 1. The summed E-state index contributed by atoms with van der Waals surface area (Å²) in [5.74, 6) is 0.900. The third-order valence-electron chi connectivity index (χ3n) is 3.37. The van der Waals surface area contributed by atoms with Crippen LogP contribution in [0.4, 0.5) is 0 Å². The SMILES string of the molecule is NC[C@@]12CCC[C@@H]1CNC2. The first kappa shape index (κ1) is 6.62. The van der Waals surface area contributed by atoms with E-state index in [1.807, 2.05) is 0 Å². The summed E-state index contributed by atoms with van der Waals surface area (Å²) in [6.07, 6.45) is 4.18. The number of nitrogens with two attached hydrogens (primary N) is 1. The van der Waals surface area contributed by atoms with Crippen LogP contribution in [0.2, 0.25) is 0 Å². The Morgan fingerprint density at radius 2 is 2.50 bits per heavy atom. The molecule has 0 aromatic carbocycles. The fourth-order valence-corrected chi connectivity index (χ4v) is 2.60. The average Bonchev–Trinajstić information content (AvgIpc) is 2.42. The molecule has 2 nitrogen and oxygen atoms in total. The summed E-state index contributed by atoms with van der Waals surface area (Å²) in [5.41, 5.74) is 6.28. The van der Waals surface area contributed by atoms with Gasteiger partial charge in [-0.15, -0.1) is 0 Å². The van der Waals surface area contributed by atoms with E-state index < -0.39 is 0 Å². The Labute approximate surface area is 62.2 Å². The number of fused-ring (bicyclic) bond motifs is 1. The molecule has 3 N–H and O–H groups in total. The van der Waals surface area contributed by atoms with Gasteiger partial charge in [0, 0.05) is 6.54 Å². The van der Waals surface area contributed by atoms with Crippen LogP contribution in [-0.4, -0.2) is 19.6 Å². The van der Waals surface area contributed by atoms with Crippen molar-refractivity contribution < 1.29 is 0 Å². The monoisotopic (exact) mass is 140 g/mol. The zero-order chi connectivity index (χ0) is 7.03. The Hall–Kier alpha value is -0.0800. The van der Waals surface area contributed by atoms with Crippen LogP contribution in [0.25, 0.3) is 0 Å². The molecule has 10 heavy (non-hydrogen) atoms. The number of hydrogen-bond acceptors (Lipinski definition) is 2. The molecule has 0 aromatic rings. The molecule has 1 aliphatic heterocycles. The van der Waals surface area contributed by atoms with Gasteiger partial charge in [0.25, 0.3) is 0 Å². The van der Waals surface area contributed by atoms with E-state index in [2.05, 4.69) is 5.32 Å². The predicted octanol–water partition coefficient (Wildman–Crippen LogP) is 0.335. The molecule has 2 atom stereocenters. The smallest absolute Gasteiger partial charge is 0.00232 e. The first-order valence-corrected chi connectivity index (χ1v) is 4.28. The van der Waals surface area contributed by atoms with Crippen molar-refractivity contribution in [3.8, 4) is 0 Å². The molecule has 1 saturated carbocycles. The Morgan fingerprint density at radius 1 is 1.60 bits per heavy atom. The van der Waals surface area contributed by atoms with Crippen molar-refractivity contribution in [2.45, 2.75) is 19.3 Å². The largest absolute Gasteiger partial charge is 0.330 e.